The zero-order chi connectivity index (χ0) is 22.3. The highest BCUT2D eigenvalue weighted by molar-refractivity contribution is 9.10. The Hall–Kier alpha value is -3.23. The fourth-order valence-electron chi connectivity index (χ4n) is 3.01. The van der Waals surface area contributed by atoms with Crippen LogP contribution in [-0.4, -0.2) is 32.1 Å². The van der Waals surface area contributed by atoms with Crippen LogP contribution < -0.4 is 5.43 Å². The predicted molar refractivity (Wildman–Crippen MR) is 132 cm³/mol. The largest absolute Gasteiger partial charge is 0.272 e. The second-order valence-electron chi connectivity index (χ2n) is 6.87. The van der Waals surface area contributed by atoms with E-state index < -0.39 is 0 Å². The summed E-state index contributed by atoms with van der Waals surface area (Å²) in [6.07, 6.45) is 0. The summed E-state index contributed by atoms with van der Waals surface area (Å²) in [5.74, 6) is 0.667. The van der Waals surface area contributed by atoms with E-state index in [9.17, 15) is 4.79 Å². The van der Waals surface area contributed by atoms with Crippen LogP contribution in [0, 0.1) is 0 Å². The van der Waals surface area contributed by atoms with Crippen molar-refractivity contribution >= 4 is 39.3 Å². The van der Waals surface area contributed by atoms with Gasteiger partial charge in [0.05, 0.1) is 11.5 Å². The Labute approximate surface area is 198 Å². The normalized spacial score (nSPS) is 11.4. The lowest BCUT2D eigenvalue weighted by atomic mass is 10.1. The van der Waals surface area contributed by atoms with E-state index in [0.29, 0.717) is 11.0 Å². The van der Waals surface area contributed by atoms with E-state index in [1.807, 2.05) is 96.4 Å². The molecule has 0 bridgehead atoms. The molecule has 4 aromatic rings. The number of carbonyl (C=O) groups excluding carboxylic acids is 1. The molecular formula is C24H20BrN5OS. The maximum atomic E-state index is 12.4. The highest BCUT2D eigenvalue weighted by Crippen LogP contribution is 2.28. The first-order chi connectivity index (χ1) is 15.6. The van der Waals surface area contributed by atoms with Crippen molar-refractivity contribution in [3.63, 3.8) is 0 Å². The number of carbonyl (C=O) groups is 1. The smallest absolute Gasteiger partial charge is 0.250 e. The molecule has 1 aromatic heterocycles. The lowest BCUT2D eigenvalue weighted by molar-refractivity contribution is -0.118. The number of halogens is 1. The van der Waals surface area contributed by atoms with Crippen LogP contribution in [0.3, 0.4) is 0 Å². The lowest BCUT2D eigenvalue weighted by Gasteiger charge is -2.10. The second-order valence-corrected chi connectivity index (χ2v) is 8.73. The van der Waals surface area contributed by atoms with E-state index in [0.717, 1.165) is 27.0 Å². The molecule has 0 radical (unpaired) electrons. The first-order valence-corrected chi connectivity index (χ1v) is 11.7. The van der Waals surface area contributed by atoms with Crippen molar-refractivity contribution in [1.82, 2.24) is 20.2 Å². The minimum atomic E-state index is -0.211. The minimum absolute atomic E-state index is 0.162. The standard InChI is InChI=1S/C24H20BrN5OS/c1-17(18-8-4-2-5-9-18)26-27-22(31)16-32-24-29-28-23(19-10-6-3-7-11-19)30(24)21-14-12-20(25)13-15-21/h2-15H,16H2,1H3,(H,27,31)/b26-17+. The first kappa shape index (κ1) is 22.0. The topological polar surface area (TPSA) is 72.2 Å². The molecule has 0 spiro atoms. The van der Waals surface area contributed by atoms with Gasteiger partial charge in [-0.1, -0.05) is 88.4 Å². The molecular weight excluding hydrogens is 486 g/mol. The molecule has 8 heteroatoms. The summed E-state index contributed by atoms with van der Waals surface area (Å²) in [5.41, 5.74) is 6.19. The Morgan fingerprint density at radius 3 is 2.31 bits per heavy atom. The van der Waals surface area contributed by atoms with Gasteiger partial charge in [0.2, 0.25) is 0 Å². The number of hydrogen-bond acceptors (Lipinski definition) is 5. The number of nitrogens with zero attached hydrogens (tertiary/aromatic N) is 4. The molecule has 1 N–H and O–H groups in total. The zero-order valence-corrected chi connectivity index (χ0v) is 19.7. The number of nitrogens with one attached hydrogen (secondary N) is 1. The zero-order valence-electron chi connectivity index (χ0n) is 17.3. The number of aromatic nitrogens is 3. The van der Waals surface area contributed by atoms with Crippen LogP contribution in [0.5, 0.6) is 0 Å². The van der Waals surface area contributed by atoms with E-state index in [2.05, 4.69) is 36.7 Å². The number of thioether (sulfide) groups is 1. The van der Waals surface area contributed by atoms with E-state index in [1.54, 1.807) is 0 Å². The van der Waals surface area contributed by atoms with Gasteiger partial charge in [-0.3, -0.25) is 9.36 Å². The number of rotatable bonds is 7. The van der Waals surface area contributed by atoms with Crippen molar-refractivity contribution in [2.45, 2.75) is 12.1 Å². The van der Waals surface area contributed by atoms with Crippen LogP contribution in [0.1, 0.15) is 12.5 Å². The van der Waals surface area contributed by atoms with E-state index in [-0.39, 0.29) is 11.7 Å². The van der Waals surface area contributed by atoms with E-state index in [4.69, 9.17) is 0 Å². The van der Waals surface area contributed by atoms with Crippen molar-refractivity contribution in [1.29, 1.82) is 0 Å². The summed E-state index contributed by atoms with van der Waals surface area (Å²) in [4.78, 5) is 12.4. The molecule has 0 aliphatic rings. The van der Waals surface area contributed by atoms with Crippen molar-refractivity contribution in [2.75, 3.05) is 5.75 Å². The number of amides is 1. The molecule has 3 aromatic carbocycles. The third-order valence-electron chi connectivity index (χ3n) is 4.62. The Balaban J connectivity index is 1.53. The minimum Gasteiger partial charge on any atom is -0.272 e. The van der Waals surface area contributed by atoms with Gasteiger partial charge in [0.1, 0.15) is 0 Å². The molecule has 0 atom stereocenters. The molecule has 0 unspecified atom stereocenters. The number of hydrazone groups is 1. The first-order valence-electron chi connectivity index (χ1n) is 9.90. The molecule has 160 valence electrons. The summed E-state index contributed by atoms with van der Waals surface area (Å²) in [7, 11) is 0. The molecule has 0 fully saturated rings. The van der Waals surface area contributed by atoms with Gasteiger partial charge in [-0.25, -0.2) is 5.43 Å². The molecule has 1 amide bonds. The van der Waals surface area contributed by atoms with Gasteiger partial charge in [0.15, 0.2) is 11.0 Å². The number of hydrogen-bond donors (Lipinski definition) is 1. The molecule has 6 nitrogen and oxygen atoms in total. The van der Waals surface area contributed by atoms with Gasteiger partial charge in [0.25, 0.3) is 5.91 Å². The van der Waals surface area contributed by atoms with Crippen LogP contribution >= 0.6 is 27.7 Å². The fraction of sp³-hybridized carbons (Fsp3) is 0.0833. The summed E-state index contributed by atoms with van der Waals surface area (Å²) < 4.78 is 2.94. The second kappa shape index (κ2) is 10.4. The van der Waals surface area contributed by atoms with E-state index in [1.165, 1.54) is 11.8 Å². The summed E-state index contributed by atoms with van der Waals surface area (Å²) >= 11 is 4.79. The molecule has 1 heterocycles. The summed E-state index contributed by atoms with van der Waals surface area (Å²) in [6.45, 7) is 1.86. The van der Waals surface area contributed by atoms with E-state index >= 15 is 0 Å². The van der Waals surface area contributed by atoms with Crippen molar-refractivity contribution in [3.8, 4) is 17.1 Å². The fourth-order valence-corrected chi connectivity index (χ4v) is 4.02. The summed E-state index contributed by atoms with van der Waals surface area (Å²) in [5, 5.41) is 13.6. The van der Waals surface area contributed by atoms with Crippen molar-refractivity contribution in [3.05, 3.63) is 95.0 Å². The third kappa shape index (κ3) is 5.33. The van der Waals surface area contributed by atoms with Crippen LogP contribution in [0.15, 0.2) is 99.7 Å². The SMILES string of the molecule is C/C(=N\NC(=O)CSc1nnc(-c2ccccc2)n1-c1ccc(Br)cc1)c1ccccc1. The van der Waals surface area contributed by atoms with Gasteiger partial charge in [-0.15, -0.1) is 10.2 Å². The maximum absolute atomic E-state index is 12.4. The van der Waals surface area contributed by atoms with Gasteiger partial charge in [0, 0.05) is 15.7 Å². The van der Waals surface area contributed by atoms with Gasteiger partial charge in [-0.05, 0) is 36.8 Å². The van der Waals surface area contributed by atoms with Crippen LogP contribution in [0.4, 0.5) is 0 Å². The summed E-state index contributed by atoms with van der Waals surface area (Å²) in [6, 6.07) is 27.5. The Morgan fingerprint density at radius 2 is 1.62 bits per heavy atom. The van der Waals surface area contributed by atoms with Gasteiger partial charge >= 0.3 is 0 Å². The van der Waals surface area contributed by atoms with Gasteiger partial charge < -0.3 is 0 Å². The lowest BCUT2D eigenvalue weighted by Crippen LogP contribution is -2.21. The van der Waals surface area contributed by atoms with Crippen molar-refractivity contribution < 1.29 is 4.79 Å². The van der Waals surface area contributed by atoms with Crippen LogP contribution in [0.25, 0.3) is 17.1 Å². The average molecular weight is 506 g/mol. The Bertz CT molecular complexity index is 1220. The molecule has 4 rings (SSSR count). The quantitative estimate of drug-likeness (QED) is 0.209. The molecule has 0 saturated heterocycles. The highest BCUT2D eigenvalue weighted by atomic mass is 79.9. The van der Waals surface area contributed by atoms with Crippen molar-refractivity contribution in [2.24, 2.45) is 5.10 Å². The third-order valence-corrected chi connectivity index (χ3v) is 6.08. The average Bonchev–Trinajstić information content (AvgIpc) is 3.27. The molecule has 0 aliphatic carbocycles. The maximum Gasteiger partial charge on any atom is 0.250 e. The number of benzene rings is 3. The van der Waals surface area contributed by atoms with Crippen LogP contribution in [-0.2, 0) is 4.79 Å². The van der Waals surface area contributed by atoms with Gasteiger partial charge in [-0.2, -0.15) is 5.10 Å². The van der Waals surface area contributed by atoms with Crippen LogP contribution in [0.2, 0.25) is 0 Å². The predicted octanol–water partition coefficient (Wildman–Crippen LogP) is 5.33. The molecule has 0 saturated carbocycles. The Morgan fingerprint density at radius 1 is 0.969 bits per heavy atom. The highest BCUT2D eigenvalue weighted by Gasteiger charge is 2.17. The molecule has 32 heavy (non-hydrogen) atoms. The Kier molecular flexibility index (Phi) is 7.14. The monoisotopic (exact) mass is 505 g/mol. The molecule has 0 aliphatic heterocycles.